The number of hydrogen-bond acceptors (Lipinski definition) is 1. The Bertz CT molecular complexity index is 258. The largest absolute Gasteiger partial charge is 0.494 e. The van der Waals surface area contributed by atoms with Gasteiger partial charge in [-0.3, -0.25) is 0 Å². The van der Waals surface area contributed by atoms with Crippen molar-refractivity contribution in [1.29, 1.82) is 0 Å². The Morgan fingerprint density at radius 1 is 1.00 bits per heavy atom. The van der Waals surface area contributed by atoms with Crippen LogP contribution in [0.5, 0.6) is 5.75 Å². The first kappa shape index (κ1) is 12.1. The average Bonchev–Trinajstić information content (AvgIpc) is 2.17. The fourth-order valence-electron chi connectivity index (χ4n) is 1.46. The van der Waals surface area contributed by atoms with E-state index >= 15 is 0 Å². The Balaban J connectivity index is 2.08. The first-order valence-electron chi connectivity index (χ1n) is 5.76. The summed E-state index contributed by atoms with van der Waals surface area (Å²) in [7, 11) is 0. The van der Waals surface area contributed by atoms with Gasteiger partial charge in [-0.2, -0.15) is 0 Å². The minimum atomic E-state index is 0.451. The Morgan fingerprint density at radius 3 is 2.27 bits per heavy atom. The molecule has 0 saturated heterocycles. The van der Waals surface area contributed by atoms with Crippen LogP contribution in [0.4, 0.5) is 0 Å². The van der Waals surface area contributed by atoms with Crippen LogP contribution < -0.4 is 4.74 Å². The zero-order chi connectivity index (χ0) is 11.1. The van der Waals surface area contributed by atoms with Gasteiger partial charge in [0.25, 0.3) is 0 Å². The molecule has 1 rings (SSSR count). The first-order valence-corrected chi connectivity index (χ1v) is 5.76. The SMILES string of the molecule is CC(C)(C)CCCCOc1ccccc1. The van der Waals surface area contributed by atoms with E-state index in [2.05, 4.69) is 20.8 Å². The molecule has 0 fully saturated rings. The highest BCUT2D eigenvalue weighted by Crippen LogP contribution is 2.21. The van der Waals surface area contributed by atoms with Crippen LogP contribution in [0.25, 0.3) is 0 Å². The highest BCUT2D eigenvalue weighted by molar-refractivity contribution is 5.20. The quantitative estimate of drug-likeness (QED) is 0.653. The van der Waals surface area contributed by atoms with E-state index in [9.17, 15) is 0 Å². The van der Waals surface area contributed by atoms with E-state index in [1.807, 2.05) is 30.3 Å². The predicted molar refractivity (Wildman–Crippen MR) is 65.2 cm³/mol. The molecule has 15 heavy (non-hydrogen) atoms. The van der Waals surface area contributed by atoms with Gasteiger partial charge in [0.2, 0.25) is 0 Å². The van der Waals surface area contributed by atoms with Crippen LogP contribution in [-0.2, 0) is 0 Å². The highest BCUT2D eigenvalue weighted by atomic mass is 16.5. The molecule has 1 nitrogen and oxygen atoms in total. The van der Waals surface area contributed by atoms with Crippen LogP contribution in [-0.4, -0.2) is 6.61 Å². The van der Waals surface area contributed by atoms with Gasteiger partial charge in [-0.1, -0.05) is 39.0 Å². The third-order valence-corrected chi connectivity index (χ3v) is 2.33. The molecule has 84 valence electrons. The Kier molecular flexibility index (Phi) is 4.67. The van der Waals surface area contributed by atoms with Crippen molar-refractivity contribution >= 4 is 0 Å². The summed E-state index contributed by atoms with van der Waals surface area (Å²) in [6.45, 7) is 7.68. The summed E-state index contributed by atoms with van der Waals surface area (Å²) >= 11 is 0. The second kappa shape index (κ2) is 5.79. The normalized spacial score (nSPS) is 11.4. The molecule has 0 radical (unpaired) electrons. The van der Waals surface area contributed by atoms with Crippen LogP contribution in [0.2, 0.25) is 0 Å². The standard InChI is InChI=1S/C14H22O/c1-14(2,3)11-7-8-12-15-13-9-5-4-6-10-13/h4-6,9-10H,7-8,11-12H2,1-3H3. The van der Waals surface area contributed by atoms with E-state index in [4.69, 9.17) is 4.74 Å². The second-order valence-electron chi connectivity index (χ2n) is 5.18. The molecule has 1 aromatic carbocycles. The van der Waals surface area contributed by atoms with Crippen molar-refractivity contribution in [2.75, 3.05) is 6.61 Å². The zero-order valence-corrected chi connectivity index (χ0v) is 10.1. The summed E-state index contributed by atoms with van der Waals surface area (Å²) in [4.78, 5) is 0. The number of hydrogen-bond donors (Lipinski definition) is 0. The molecule has 0 aliphatic rings. The van der Waals surface area contributed by atoms with Crippen LogP contribution in [0.15, 0.2) is 30.3 Å². The van der Waals surface area contributed by atoms with Crippen LogP contribution in [0.3, 0.4) is 0 Å². The van der Waals surface area contributed by atoms with E-state index in [0.29, 0.717) is 5.41 Å². The molecule has 0 N–H and O–H groups in total. The lowest BCUT2D eigenvalue weighted by Gasteiger charge is -2.17. The van der Waals surface area contributed by atoms with E-state index < -0.39 is 0 Å². The summed E-state index contributed by atoms with van der Waals surface area (Å²) in [6, 6.07) is 10.0. The number of benzene rings is 1. The van der Waals surface area contributed by atoms with Crippen LogP contribution in [0.1, 0.15) is 40.0 Å². The van der Waals surface area contributed by atoms with Gasteiger partial charge in [0.15, 0.2) is 0 Å². The Labute approximate surface area is 93.5 Å². The molecular weight excluding hydrogens is 184 g/mol. The number of ether oxygens (including phenoxy) is 1. The van der Waals surface area contributed by atoms with Gasteiger partial charge < -0.3 is 4.74 Å². The van der Waals surface area contributed by atoms with E-state index in [0.717, 1.165) is 18.8 Å². The minimum Gasteiger partial charge on any atom is -0.494 e. The zero-order valence-electron chi connectivity index (χ0n) is 10.1. The van der Waals surface area contributed by atoms with E-state index in [1.54, 1.807) is 0 Å². The van der Waals surface area contributed by atoms with Gasteiger partial charge in [-0.05, 0) is 36.8 Å². The van der Waals surface area contributed by atoms with Crippen LogP contribution >= 0.6 is 0 Å². The monoisotopic (exact) mass is 206 g/mol. The maximum Gasteiger partial charge on any atom is 0.119 e. The van der Waals surface area contributed by atoms with Crippen molar-refractivity contribution in [3.63, 3.8) is 0 Å². The fourth-order valence-corrected chi connectivity index (χ4v) is 1.46. The molecule has 0 unspecified atom stereocenters. The Morgan fingerprint density at radius 2 is 1.67 bits per heavy atom. The summed E-state index contributed by atoms with van der Waals surface area (Å²) in [5, 5.41) is 0. The Hall–Kier alpha value is -0.980. The molecule has 0 atom stereocenters. The van der Waals surface area contributed by atoms with Gasteiger partial charge in [0.05, 0.1) is 6.61 Å². The van der Waals surface area contributed by atoms with Crippen molar-refractivity contribution in [2.24, 2.45) is 5.41 Å². The third kappa shape index (κ3) is 6.16. The van der Waals surface area contributed by atoms with Crippen molar-refractivity contribution in [2.45, 2.75) is 40.0 Å². The van der Waals surface area contributed by atoms with Gasteiger partial charge in [0, 0.05) is 0 Å². The minimum absolute atomic E-state index is 0.451. The van der Waals surface area contributed by atoms with Crippen molar-refractivity contribution in [1.82, 2.24) is 0 Å². The number of unbranched alkanes of at least 4 members (excludes halogenated alkanes) is 1. The van der Waals surface area contributed by atoms with Gasteiger partial charge >= 0.3 is 0 Å². The maximum absolute atomic E-state index is 5.62. The average molecular weight is 206 g/mol. The number of rotatable bonds is 5. The van der Waals surface area contributed by atoms with E-state index in [1.165, 1.54) is 12.8 Å². The molecule has 0 saturated carbocycles. The smallest absolute Gasteiger partial charge is 0.119 e. The highest BCUT2D eigenvalue weighted by Gasteiger charge is 2.08. The molecule has 0 bridgehead atoms. The maximum atomic E-state index is 5.62. The summed E-state index contributed by atoms with van der Waals surface area (Å²) in [5.74, 6) is 0.980. The molecule has 0 amide bonds. The molecule has 1 heteroatoms. The number of para-hydroxylation sites is 1. The summed E-state index contributed by atoms with van der Waals surface area (Å²) in [5.41, 5.74) is 0.451. The molecule has 0 aliphatic heterocycles. The lowest BCUT2D eigenvalue weighted by atomic mass is 9.90. The van der Waals surface area contributed by atoms with Crippen LogP contribution in [0, 0.1) is 5.41 Å². The molecule has 1 aromatic rings. The lowest BCUT2D eigenvalue weighted by molar-refractivity contribution is 0.285. The van der Waals surface area contributed by atoms with E-state index in [-0.39, 0.29) is 0 Å². The molecule has 0 heterocycles. The van der Waals surface area contributed by atoms with Crippen molar-refractivity contribution in [3.8, 4) is 5.75 Å². The molecule has 0 spiro atoms. The first-order chi connectivity index (χ1) is 7.08. The summed E-state index contributed by atoms with van der Waals surface area (Å²) in [6.07, 6.45) is 3.66. The van der Waals surface area contributed by atoms with Crippen molar-refractivity contribution in [3.05, 3.63) is 30.3 Å². The predicted octanol–water partition coefficient (Wildman–Crippen LogP) is 4.28. The summed E-state index contributed by atoms with van der Waals surface area (Å²) < 4.78 is 5.62. The topological polar surface area (TPSA) is 9.23 Å². The second-order valence-corrected chi connectivity index (χ2v) is 5.18. The van der Waals surface area contributed by atoms with Gasteiger partial charge in [-0.25, -0.2) is 0 Å². The third-order valence-electron chi connectivity index (χ3n) is 2.33. The molecular formula is C14H22O. The van der Waals surface area contributed by atoms with Gasteiger partial charge in [0.1, 0.15) is 5.75 Å². The lowest BCUT2D eigenvalue weighted by Crippen LogP contribution is -2.05. The molecule has 0 aromatic heterocycles. The van der Waals surface area contributed by atoms with Crippen molar-refractivity contribution < 1.29 is 4.74 Å². The van der Waals surface area contributed by atoms with Gasteiger partial charge in [-0.15, -0.1) is 0 Å². The fraction of sp³-hybridized carbons (Fsp3) is 0.571. The molecule has 0 aliphatic carbocycles.